The van der Waals surface area contributed by atoms with Crippen molar-refractivity contribution in [3.63, 3.8) is 0 Å². The summed E-state index contributed by atoms with van der Waals surface area (Å²) < 4.78 is 32.8. The quantitative estimate of drug-likeness (QED) is 0.395. The number of likely N-dealkylation sites (tertiary alicyclic amines) is 1. The van der Waals surface area contributed by atoms with E-state index in [1.54, 1.807) is 41.5 Å². The minimum absolute atomic E-state index is 0.0418. The van der Waals surface area contributed by atoms with Gasteiger partial charge in [0.1, 0.15) is 23.6 Å². The number of hydrogen-bond acceptors (Lipinski definition) is 6. The molecule has 0 radical (unpaired) electrons. The predicted octanol–water partition coefficient (Wildman–Crippen LogP) is 2.98. The summed E-state index contributed by atoms with van der Waals surface area (Å²) in [5.74, 6) is -7.54. The molecule has 0 bridgehead atoms. The molecule has 2 saturated heterocycles. The minimum atomic E-state index is -3.08. The van der Waals surface area contributed by atoms with Crippen LogP contribution in [-0.4, -0.2) is 81.9 Å². The van der Waals surface area contributed by atoms with Gasteiger partial charge in [0.15, 0.2) is 0 Å². The summed E-state index contributed by atoms with van der Waals surface area (Å²) in [5.41, 5.74) is 0.484. The van der Waals surface area contributed by atoms with E-state index in [1.807, 2.05) is 13.8 Å². The second-order valence-corrected chi connectivity index (χ2v) is 15.5. The third-order valence-corrected chi connectivity index (χ3v) is 8.84. The van der Waals surface area contributed by atoms with Crippen LogP contribution in [0, 0.1) is 29.1 Å². The van der Waals surface area contributed by atoms with E-state index in [0.29, 0.717) is 12.8 Å². The first-order chi connectivity index (χ1) is 19.6. The van der Waals surface area contributed by atoms with E-state index in [4.69, 9.17) is 4.74 Å². The summed E-state index contributed by atoms with van der Waals surface area (Å²) in [6, 6.07) is -2.10. The molecule has 2 aliphatic heterocycles. The number of carbonyl (C=O) groups is 5. The minimum Gasteiger partial charge on any atom is -0.442 e. The highest BCUT2D eigenvalue weighted by Gasteiger charge is 2.62. The van der Waals surface area contributed by atoms with Gasteiger partial charge in [0, 0.05) is 18.5 Å². The maximum absolute atomic E-state index is 14.1. The van der Waals surface area contributed by atoms with Crippen molar-refractivity contribution in [3.05, 3.63) is 0 Å². The molecule has 4 rings (SSSR count). The molecule has 2 saturated carbocycles. The SMILES string of the molecule is CC1(C)C[C@H](CN(NC(=O)[C@@H]2[C@H]3CCC[C@H]3CN2C(=O)[C@@H](NC(=O)C2CC2(F)F)C(C)(C)C)C(=O)OC(C)(C)C)C(=O)N1. The van der Waals surface area contributed by atoms with Gasteiger partial charge in [0.2, 0.25) is 17.7 Å². The first-order valence-electron chi connectivity index (χ1n) is 15.2. The van der Waals surface area contributed by atoms with Crippen LogP contribution >= 0.6 is 0 Å². The average molecular weight is 612 g/mol. The van der Waals surface area contributed by atoms with Crippen molar-refractivity contribution < 1.29 is 37.5 Å². The largest absolute Gasteiger partial charge is 0.442 e. The van der Waals surface area contributed by atoms with Gasteiger partial charge < -0.3 is 20.3 Å². The van der Waals surface area contributed by atoms with Gasteiger partial charge in [0.25, 0.3) is 11.8 Å². The van der Waals surface area contributed by atoms with E-state index in [1.165, 1.54) is 4.90 Å². The molecule has 13 heteroatoms. The summed E-state index contributed by atoms with van der Waals surface area (Å²) in [5, 5.41) is 6.46. The number of alkyl halides is 2. The molecule has 2 aliphatic carbocycles. The first kappa shape index (κ1) is 32.9. The van der Waals surface area contributed by atoms with E-state index >= 15 is 0 Å². The van der Waals surface area contributed by atoms with Gasteiger partial charge in [-0.3, -0.25) is 24.6 Å². The Morgan fingerprint density at radius 1 is 1.07 bits per heavy atom. The fourth-order valence-corrected chi connectivity index (χ4v) is 6.67. The van der Waals surface area contributed by atoms with Crippen LogP contribution in [0.4, 0.5) is 13.6 Å². The average Bonchev–Trinajstić information content (AvgIpc) is 3.14. The fraction of sp³-hybridized carbons (Fsp3) is 0.833. The van der Waals surface area contributed by atoms with Crippen LogP contribution in [0.15, 0.2) is 0 Å². The third kappa shape index (κ3) is 7.39. The normalized spacial score (nSPS) is 29.8. The second-order valence-electron chi connectivity index (χ2n) is 15.5. The van der Waals surface area contributed by atoms with Crippen LogP contribution < -0.4 is 16.1 Å². The van der Waals surface area contributed by atoms with E-state index in [0.717, 1.165) is 17.9 Å². The number of nitrogens with zero attached hydrogens (tertiary/aromatic N) is 2. The Labute approximate surface area is 252 Å². The summed E-state index contributed by atoms with van der Waals surface area (Å²) in [6.45, 7) is 14.1. The molecule has 2 heterocycles. The molecule has 43 heavy (non-hydrogen) atoms. The topological polar surface area (TPSA) is 137 Å². The smallest absolute Gasteiger partial charge is 0.429 e. The van der Waals surface area contributed by atoms with Gasteiger partial charge in [-0.15, -0.1) is 0 Å². The van der Waals surface area contributed by atoms with Crippen molar-refractivity contribution in [1.82, 2.24) is 26.0 Å². The van der Waals surface area contributed by atoms with Crippen molar-refractivity contribution in [2.24, 2.45) is 29.1 Å². The molecule has 0 aromatic rings. The lowest BCUT2D eigenvalue weighted by Crippen LogP contribution is -2.61. The van der Waals surface area contributed by atoms with Gasteiger partial charge in [-0.2, -0.15) is 0 Å². The van der Waals surface area contributed by atoms with Crippen molar-refractivity contribution in [2.45, 2.75) is 117 Å². The van der Waals surface area contributed by atoms with Gasteiger partial charge >= 0.3 is 6.09 Å². The highest BCUT2D eigenvalue weighted by molar-refractivity contribution is 5.95. The maximum atomic E-state index is 14.1. The number of amides is 5. The van der Waals surface area contributed by atoms with Crippen LogP contribution in [0.5, 0.6) is 0 Å². The number of carbonyl (C=O) groups excluding carboxylic acids is 5. The van der Waals surface area contributed by atoms with Crippen LogP contribution in [-0.2, 0) is 23.9 Å². The van der Waals surface area contributed by atoms with Crippen LogP contribution in [0.3, 0.4) is 0 Å². The molecule has 242 valence electrons. The third-order valence-electron chi connectivity index (χ3n) is 8.84. The molecule has 4 fully saturated rings. The number of fused-ring (bicyclic) bond motifs is 1. The highest BCUT2D eigenvalue weighted by atomic mass is 19.3. The Kier molecular flexibility index (Phi) is 8.56. The molecule has 0 spiro atoms. The van der Waals surface area contributed by atoms with Gasteiger partial charge in [-0.05, 0) is 71.1 Å². The molecule has 11 nitrogen and oxygen atoms in total. The molecule has 0 aromatic carbocycles. The molecular formula is C30H47F2N5O6. The lowest BCUT2D eigenvalue weighted by Gasteiger charge is -2.37. The van der Waals surface area contributed by atoms with Crippen molar-refractivity contribution >= 4 is 29.7 Å². The molecule has 5 amide bonds. The Morgan fingerprint density at radius 2 is 1.70 bits per heavy atom. The van der Waals surface area contributed by atoms with Gasteiger partial charge in [-0.25, -0.2) is 18.6 Å². The van der Waals surface area contributed by atoms with Crippen molar-refractivity contribution in [2.75, 3.05) is 13.1 Å². The number of ether oxygens (including phenoxy) is 1. The Bertz CT molecular complexity index is 1160. The Balaban J connectivity index is 1.57. The predicted molar refractivity (Wildman–Crippen MR) is 152 cm³/mol. The maximum Gasteiger partial charge on any atom is 0.429 e. The van der Waals surface area contributed by atoms with E-state index in [2.05, 4.69) is 16.1 Å². The number of rotatable bonds is 6. The molecule has 0 aromatic heterocycles. The molecular weight excluding hydrogens is 564 g/mol. The van der Waals surface area contributed by atoms with Gasteiger partial charge in [-0.1, -0.05) is 27.2 Å². The van der Waals surface area contributed by atoms with Crippen LogP contribution in [0.25, 0.3) is 0 Å². The summed E-state index contributed by atoms with van der Waals surface area (Å²) in [6.07, 6.45) is 1.43. The summed E-state index contributed by atoms with van der Waals surface area (Å²) in [7, 11) is 0. The van der Waals surface area contributed by atoms with Crippen molar-refractivity contribution in [3.8, 4) is 0 Å². The molecule has 4 aliphatic rings. The molecule has 1 unspecified atom stereocenters. The first-order valence-corrected chi connectivity index (χ1v) is 15.2. The monoisotopic (exact) mass is 611 g/mol. The number of hydrogen-bond donors (Lipinski definition) is 3. The summed E-state index contributed by atoms with van der Waals surface area (Å²) in [4.78, 5) is 68.1. The zero-order chi connectivity index (χ0) is 32.3. The van der Waals surface area contributed by atoms with Crippen LogP contribution in [0.2, 0.25) is 0 Å². The lowest BCUT2D eigenvalue weighted by molar-refractivity contribution is -0.146. The highest BCUT2D eigenvalue weighted by Crippen LogP contribution is 2.49. The van der Waals surface area contributed by atoms with E-state index in [9.17, 15) is 32.8 Å². The molecule has 6 atom stereocenters. The Hall–Kier alpha value is -2.99. The second kappa shape index (κ2) is 11.2. The number of nitrogens with one attached hydrogen (secondary N) is 3. The Morgan fingerprint density at radius 3 is 2.21 bits per heavy atom. The van der Waals surface area contributed by atoms with E-state index in [-0.39, 0.29) is 30.8 Å². The van der Waals surface area contributed by atoms with Crippen molar-refractivity contribution in [1.29, 1.82) is 0 Å². The number of hydrazine groups is 1. The van der Waals surface area contributed by atoms with Crippen LogP contribution in [0.1, 0.15) is 87.5 Å². The van der Waals surface area contributed by atoms with E-state index < -0.39 is 76.6 Å². The molecule has 3 N–H and O–H groups in total. The lowest BCUT2D eigenvalue weighted by atomic mass is 9.85. The standard InChI is InChI=1S/C30H47F2N5O6/c1-27(2,3)21(33-23(39)19-13-30(19,31)32)25(41)36-14-16-10-9-11-18(16)20(36)24(40)35-37(26(42)43-28(4,5)6)15-17-12-29(7,8)34-22(17)38/h16-21H,9-15H2,1-8H3,(H,33,39)(H,34,38)(H,35,40)/t16-,17+,18-,19?,20-,21+/m0/s1. The van der Waals surface area contributed by atoms with Gasteiger partial charge in [0.05, 0.1) is 12.5 Å². The number of halogens is 2. The zero-order valence-corrected chi connectivity index (χ0v) is 26.5. The fourth-order valence-electron chi connectivity index (χ4n) is 6.67. The summed E-state index contributed by atoms with van der Waals surface area (Å²) >= 11 is 0. The zero-order valence-electron chi connectivity index (χ0n) is 26.5.